The van der Waals surface area contributed by atoms with E-state index >= 15 is 0 Å². The number of hydrazine groups is 1. The van der Waals surface area contributed by atoms with Crippen molar-refractivity contribution in [2.75, 3.05) is 13.7 Å². The summed E-state index contributed by atoms with van der Waals surface area (Å²) in [6.45, 7) is -0.137. The van der Waals surface area contributed by atoms with Gasteiger partial charge in [0.25, 0.3) is 5.91 Å². The Morgan fingerprint density at radius 3 is 2.41 bits per heavy atom. The van der Waals surface area contributed by atoms with Crippen molar-refractivity contribution in [1.29, 1.82) is 0 Å². The fourth-order valence-electron chi connectivity index (χ4n) is 0.988. The summed E-state index contributed by atoms with van der Waals surface area (Å²) in [5, 5.41) is -0.0113. The van der Waals surface area contributed by atoms with Crippen LogP contribution >= 0.6 is 12.2 Å². The summed E-state index contributed by atoms with van der Waals surface area (Å²) in [4.78, 5) is 11.2. The van der Waals surface area contributed by atoms with Gasteiger partial charge in [0, 0.05) is 0 Å². The van der Waals surface area contributed by atoms with Crippen LogP contribution in [0.15, 0.2) is 24.3 Å². The first-order valence-corrected chi connectivity index (χ1v) is 5.14. The van der Waals surface area contributed by atoms with Crippen molar-refractivity contribution < 1.29 is 14.3 Å². The Kier molecular flexibility index (Phi) is 5.02. The van der Waals surface area contributed by atoms with Gasteiger partial charge in [-0.3, -0.25) is 15.6 Å². The van der Waals surface area contributed by atoms with Crippen molar-refractivity contribution in [3.8, 4) is 11.5 Å². The van der Waals surface area contributed by atoms with Crippen LogP contribution in [0.2, 0.25) is 0 Å². The van der Waals surface area contributed by atoms with Gasteiger partial charge in [-0.2, -0.15) is 0 Å². The number of rotatable bonds is 4. The van der Waals surface area contributed by atoms with Gasteiger partial charge in [-0.05, 0) is 36.5 Å². The molecule has 1 aromatic rings. The highest BCUT2D eigenvalue weighted by Crippen LogP contribution is 2.16. The highest BCUT2D eigenvalue weighted by Gasteiger charge is 2.02. The highest BCUT2D eigenvalue weighted by molar-refractivity contribution is 7.80. The molecule has 0 bridgehead atoms. The molecule has 4 N–H and O–H groups in total. The lowest BCUT2D eigenvalue weighted by molar-refractivity contribution is -0.123. The number of hydrogen-bond donors (Lipinski definition) is 3. The molecule has 0 aromatic heterocycles. The van der Waals surface area contributed by atoms with E-state index in [0.29, 0.717) is 5.75 Å². The highest BCUT2D eigenvalue weighted by atomic mass is 32.1. The topological polar surface area (TPSA) is 85.6 Å². The summed E-state index contributed by atoms with van der Waals surface area (Å²) in [6.07, 6.45) is 0. The zero-order valence-electron chi connectivity index (χ0n) is 9.23. The van der Waals surface area contributed by atoms with Crippen LogP contribution in [0, 0.1) is 0 Å². The molecule has 0 saturated heterocycles. The van der Waals surface area contributed by atoms with Crippen molar-refractivity contribution in [2.45, 2.75) is 0 Å². The number of nitrogens with one attached hydrogen (secondary N) is 2. The molecule has 92 valence electrons. The number of nitrogens with two attached hydrogens (primary N) is 1. The van der Waals surface area contributed by atoms with Gasteiger partial charge < -0.3 is 15.2 Å². The van der Waals surface area contributed by atoms with E-state index in [1.165, 1.54) is 0 Å². The SMILES string of the molecule is COc1ccc(OCC(=O)NNC(N)=S)cc1. The lowest BCUT2D eigenvalue weighted by atomic mass is 10.3. The van der Waals surface area contributed by atoms with E-state index in [4.69, 9.17) is 15.2 Å². The Morgan fingerprint density at radius 1 is 1.29 bits per heavy atom. The summed E-state index contributed by atoms with van der Waals surface area (Å²) in [5.74, 6) is 0.904. The van der Waals surface area contributed by atoms with Gasteiger partial charge in [-0.25, -0.2) is 0 Å². The summed E-state index contributed by atoms with van der Waals surface area (Å²) >= 11 is 4.52. The number of methoxy groups -OCH3 is 1. The Labute approximate surface area is 104 Å². The zero-order valence-corrected chi connectivity index (χ0v) is 10.0. The van der Waals surface area contributed by atoms with E-state index in [-0.39, 0.29) is 17.6 Å². The molecule has 0 aliphatic carbocycles. The minimum atomic E-state index is -0.381. The number of carbonyl (C=O) groups excluding carboxylic acids is 1. The van der Waals surface area contributed by atoms with E-state index in [9.17, 15) is 4.79 Å². The summed E-state index contributed by atoms with van der Waals surface area (Å²) < 4.78 is 10.2. The molecule has 1 rings (SSSR count). The summed E-state index contributed by atoms with van der Waals surface area (Å²) in [7, 11) is 1.57. The molecular weight excluding hydrogens is 242 g/mol. The monoisotopic (exact) mass is 255 g/mol. The minimum Gasteiger partial charge on any atom is -0.497 e. The number of amides is 1. The van der Waals surface area contributed by atoms with Gasteiger partial charge in [-0.15, -0.1) is 0 Å². The maximum absolute atomic E-state index is 11.2. The smallest absolute Gasteiger partial charge is 0.276 e. The van der Waals surface area contributed by atoms with E-state index in [0.717, 1.165) is 5.75 Å². The fourth-order valence-corrected chi connectivity index (χ4v) is 1.04. The molecule has 0 radical (unpaired) electrons. The number of ether oxygens (including phenoxy) is 2. The molecule has 0 unspecified atom stereocenters. The van der Waals surface area contributed by atoms with Gasteiger partial charge >= 0.3 is 0 Å². The first-order chi connectivity index (χ1) is 8.11. The van der Waals surface area contributed by atoms with Gasteiger partial charge in [0.2, 0.25) is 0 Å². The normalized spacial score (nSPS) is 9.24. The Morgan fingerprint density at radius 2 is 1.88 bits per heavy atom. The molecule has 0 aliphatic heterocycles. The molecule has 1 amide bonds. The number of carbonyl (C=O) groups is 1. The molecule has 0 saturated carbocycles. The molecule has 6 nitrogen and oxygen atoms in total. The quantitative estimate of drug-likeness (QED) is 0.516. The zero-order chi connectivity index (χ0) is 12.7. The van der Waals surface area contributed by atoms with Crippen LogP contribution in [0.4, 0.5) is 0 Å². The Balaban J connectivity index is 2.34. The third kappa shape index (κ3) is 5.03. The standard InChI is InChI=1S/C10H13N3O3S/c1-15-7-2-4-8(5-3-7)16-6-9(14)12-13-10(11)17/h2-5H,6H2,1H3,(H,12,14)(H3,11,13,17). The van der Waals surface area contributed by atoms with Crippen LogP contribution < -0.4 is 26.1 Å². The average Bonchev–Trinajstić information content (AvgIpc) is 2.34. The molecule has 0 fully saturated rings. The molecule has 0 spiro atoms. The predicted molar refractivity (Wildman–Crippen MR) is 66.6 cm³/mol. The van der Waals surface area contributed by atoms with Gasteiger partial charge in [0.1, 0.15) is 11.5 Å². The second-order valence-electron chi connectivity index (χ2n) is 3.00. The Bertz CT molecular complexity index is 394. The van der Waals surface area contributed by atoms with Crippen LogP contribution in [0.25, 0.3) is 0 Å². The molecule has 7 heteroatoms. The van der Waals surface area contributed by atoms with Crippen LogP contribution in [0.1, 0.15) is 0 Å². The number of thiocarbonyl (C=S) groups is 1. The second-order valence-corrected chi connectivity index (χ2v) is 3.44. The van der Waals surface area contributed by atoms with E-state index in [1.54, 1.807) is 31.4 Å². The van der Waals surface area contributed by atoms with E-state index < -0.39 is 0 Å². The van der Waals surface area contributed by atoms with E-state index in [1.807, 2.05) is 0 Å². The minimum absolute atomic E-state index is 0.0113. The average molecular weight is 255 g/mol. The third-order valence-corrected chi connectivity index (χ3v) is 1.86. The van der Waals surface area contributed by atoms with Crippen molar-refractivity contribution in [1.82, 2.24) is 10.9 Å². The maximum atomic E-state index is 11.2. The van der Waals surface area contributed by atoms with Crippen molar-refractivity contribution in [3.05, 3.63) is 24.3 Å². The maximum Gasteiger partial charge on any atom is 0.276 e. The lowest BCUT2D eigenvalue weighted by Crippen LogP contribution is -2.46. The largest absolute Gasteiger partial charge is 0.497 e. The lowest BCUT2D eigenvalue weighted by Gasteiger charge is -2.08. The number of hydrogen-bond acceptors (Lipinski definition) is 4. The second kappa shape index (κ2) is 6.54. The van der Waals surface area contributed by atoms with Gasteiger partial charge in [-0.1, -0.05) is 0 Å². The molecule has 1 aromatic carbocycles. The van der Waals surface area contributed by atoms with Crippen LogP contribution in [0.5, 0.6) is 11.5 Å². The van der Waals surface area contributed by atoms with Crippen LogP contribution in [-0.2, 0) is 4.79 Å². The van der Waals surface area contributed by atoms with Crippen LogP contribution in [-0.4, -0.2) is 24.7 Å². The van der Waals surface area contributed by atoms with Crippen molar-refractivity contribution >= 4 is 23.2 Å². The van der Waals surface area contributed by atoms with Gasteiger partial charge in [0.05, 0.1) is 7.11 Å². The summed E-state index contributed by atoms with van der Waals surface area (Å²) in [5.41, 5.74) is 9.71. The van der Waals surface area contributed by atoms with Crippen LogP contribution in [0.3, 0.4) is 0 Å². The molecule has 0 heterocycles. The molecule has 17 heavy (non-hydrogen) atoms. The molecule has 0 aliphatic rings. The Hall–Kier alpha value is -2.02. The predicted octanol–water partition coefficient (Wildman–Crippen LogP) is -0.0616. The van der Waals surface area contributed by atoms with E-state index in [2.05, 4.69) is 23.1 Å². The van der Waals surface area contributed by atoms with Crippen molar-refractivity contribution in [2.24, 2.45) is 5.73 Å². The third-order valence-electron chi connectivity index (χ3n) is 1.75. The molecule has 0 atom stereocenters. The fraction of sp³-hybridized carbons (Fsp3) is 0.200. The summed E-state index contributed by atoms with van der Waals surface area (Å²) in [6, 6.07) is 6.88. The number of benzene rings is 1. The first kappa shape index (κ1) is 13.0. The van der Waals surface area contributed by atoms with Gasteiger partial charge in [0.15, 0.2) is 11.7 Å². The molecular formula is C10H13N3O3S. The first-order valence-electron chi connectivity index (χ1n) is 4.73. The van der Waals surface area contributed by atoms with Crippen molar-refractivity contribution in [3.63, 3.8) is 0 Å².